The van der Waals surface area contributed by atoms with Crippen LogP contribution in [0.1, 0.15) is 48.5 Å². The van der Waals surface area contributed by atoms with Gasteiger partial charge in [0.05, 0.1) is 38.0 Å². The van der Waals surface area contributed by atoms with Crippen LogP contribution in [0.2, 0.25) is 0 Å². The van der Waals surface area contributed by atoms with Gasteiger partial charge in [0.15, 0.2) is 5.75 Å². The van der Waals surface area contributed by atoms with E-state index in [9.17, 15) is 10.1 Å². The average Bonchev–Trinajstić information content (AvgIpc) is 3.33. The number of hydrogen-bond acceptors (Lipinski definition) is 7. The van der Waals surface area contributed by atoms with Crippen LogP contribution in [0, 0.1) is 17.2 Å². The first-order valence-electron chi connectivity index (χ1n) is 11.6. The molecule has 1 saturated heterocycles. The van der Waals surface area contributed by atoms with E-state index in [1.165, 1.54) is 0 Å². The molecule has 9 heteroatoms. The van der Waals surface area contributed by atoms with Crippen molar-refractivity contribution in [2.45, 2.75) is 38.1 Å². The van der Waals surface area contributed by atoms with Crippen molar-refractivity contribution in [1.82, 2.24) is 24.6 Å². The predicted octanol–water partition coefficient (Wildman–Crippen LogP) is 4.19. The molecule has 1 saturated carbocycles. The summed E-state index contributed by atoms with van der Waals surface area (Å²) < 4.78 is 7.37. The Bertz CT molecular complexity index is 1220. The number of amides is 1. The van der Waals surface area contributed by atoms with Crippen molar-refractivity contribution >= 4 is 17.5 Å². The van der Waals surface area contributed by atoms with Gasteiger partial charge in [-0.05, 0) is 49.8 Å². The maximum atomic E-state index is 12.8. The molecule has 34 heavy (non-hydrogen) atoms. The van der Waals surface area contributed by atoms with Gasteiger partial charge in [0.1, 0.15) is 5.69 Å². The highest BCUT2D eigenvalue weighted by Gasteiger charge is 2.33. The molecule has 3 aromatic rings. The number of hydrogen-bond donors (Lipinski definition) is 1. The van der Waals surface area contributed by atoms with Gasteiger partial charge < -0.3 is 15.0 Å². The van der Waals surface area contributed by atoms with Crippen LogP contribution in [0.15, 0.2) is 42.9 Å². The molecule has 9 nitrogen and oxygen atoms in total. The Labute approximate surface area is 198 Å². The van der Waals surface area contributed by atoms with E-state index in [1.54, 1.807) is 19.5 Å². The molecule has 1 unspecified atom stereocenters. The van der Waals surface area contributed by atoms with Crippen molar-refractivity contribution in [3.8, 4) is 23.1 Å². The molecule has 0 bridgehead atoms. The number of likely N-dealkylation sites (tertiary alicyclic amines) is 1. The van der Waals surface area contributed by atoms with Gasteiger partial charge in [-0.1, -0.05) is 6.07 Å². The third kappa shape index (κ3) is 4.57. The Balaban J connectivity index is 1.38. The van der Waals surface area contributed by atoms with Crippen LogP contribution in [0.5, 0.6) is 5.75 Å². The van der Waals surface area contributed by atoms with Crippen LogP contribution in [-0.4, -0.2) is 50.8 Å². The van der Waals surface area contributed by atoms with E-state index >= 15 is 0 Å². The zero-order valence-electron chi connectivity index (χ0n) is 19.1. The number of carbonyl (C=O) groups excluding carboxylic acids is 1. The molecule has 1 aliphatic carbocycles. The molecule has 1 amide bonds. The molecule has 3 heterocycles. The standard InChI is InChI=1S/C25H27N7O2/c1-34-22-15-27-25(29-20-6-4-5-18(13-20)24(33)31-11-2-3-12-31)30-23(22)19-14-28-32(16-19)21(9-10-26)17-7-8-17/h4-6,13-17,21H,2-3,7-9,11-12H2,1H3,(H,27,29,30). The Morgan fingerprint density at radius 3 is 2.85 bits per heavy atom. The molecule has 1 aromatic carbocycles. The van der Waals surface area contributed by atoms with Crippen LogP contribution in [0.25, 0.3) is 11.3 Å². The number of carbonyl (C=O) groups is 1. The lowest BCUT2D eigenvalue weighted by atomic mass is 10.1. The molecular formula is C25H27N7O2. The van der Waals surface area contributed by atoms with Crippen LogP contribution >= 0.6 is 0 Å². The Kier molecular flexibility index (Phi) is 6.12. The molecule has 2 aromatic heterocycles. The number of ether oxygens (including phenoxy) is 1. The van der Waals surface area contributed by atoms with Gasteiger partial charge in [0.25, 0.3) is 5.91 Å². The third-order valence-electron chi connectivity index (χ3n) is 6.42. The molecule has 174 valence electrons. The van der Waals surface area contributed by atoms with Crippen LogP contribution < -0.4 is 10.1 Å². The molecule has 0 radical (unpaired) electrons. The lowest BCUT2D eigenvalue weighted by Crippen LogP contribution is -2.27. The fourth-order valence-electron chi connectivity index (χ4n) is 4.44. The summed E-state index contributed by atoms with van der Waals surface area (Å²) in [6.45, 7) is 1.62. The summed E-state index contributed by atoms with van der Waals surface area (Å²) in [5.41, 5.74) is 2.79. The minimum absolute atomic E-state index is 0.0486. The average molecular weight is 458 g/mol. The Hall–Kier alpha value is -3.93. The summed E-state index contributed by atoms with van der Waals surface area (Å²) in [7, 11) is 1.58. The first kappa shape index (κ1) is 21.9. The van der Waals surface area contributed by atoms with Crippen molar-refractivity contribution in [3.05, 3.63) is 48.4 Å². The topological polar surface area (TPSA) is 109 Å². The number of rotatable bonds is 8. The summed E-state index contributed by atoms with van der Waals surface area (Å²) in [6, 6.07) is 9.76. The minimum atomic E-state index is 0.0486. The van der Waals surface area contributed by atoms with Gasteiger partial charge >= 0.3 is 0 Å². The zero-order valence-corrected chi connectivity index (χ0v) is 19.1. The smallest absolute Gasteiger partial charge is 0.253 e. The Morgan fingerprint density at radius 2 is 2.12 bits per heavy atom. The van der Waals surface area contributed by atoms with Crippen molar-refractivity contribution in [1.29, 1.82) is 5.26 Å². The van der Waals surface area contributed by atoms with Gasteiger partial charge in [0, 0.05) is 36.1 Å². The fourth-order valence-corrected chi connectivity index (χ4v) is 4.44. The van der Waals surface area contributed by atoms with E-state index in [2.05, 4.69) is 26.5 Å². The number of nitrogens with one attached hydrogen (secondary N) is 1. The second-order valence-electron chi connectivity index (χ2n) is 8.79. The van der Waals surface area contributed by atoms with E-state index in [-0.39, 0.29) is 11.9 Å². The lowest BCUT2D eigenvalue weighted by Gasteiger charge is -2.16. The molecule has 5 rings (SSSR count). The normalized spacial score (nSPS) is 16.2. The van der Waals surface area contributed by atoms with Crippen molar-refractivity contribution in [2.75, 3.05) is 25.5 Å². The minimum Gasteiger partial charge on any atom is -0.493 e. The highest BCUT2D eigenvalue weighted by atomic mass is 16.5. The van der Waals surface area contributed by atoms with Gasteiger partial charge in [-0.2, -0.15) is 10.4 Å². The quantitative estimate of drug-likeness (QED) is 0.540. The van der Waals surface area contributed by atoms with E-state index < -0.39 is 0 Å². The van der Waals surface area contributed by atoms with Crippen LogP contribution in [0.4, 0.5) is 11.6 Å². The lowest BCUT2D eigenvalue weighted by molar-refractivity contribution is 0.0793. The van der Waals surface area contributed by atoms with Crippen molar-refractivity contribution in [3.63, 3.8) is 0 Å². The molecule has 2 fully saturated rings. The summed E-state index contributed by atoms with van der Waals surface area (Å²) >= 11 is 0. The number of nitriles is 1. The second kappa shape index (κ2) is 9.51. The third-order valence-corrected chi connectivity index (χ3v) is 6.42. The largest absolute Gasteiger partial charge is 0.493 e. The molecule has 1 N–H and O–H groups in total. The highest BCUT2D eigenvalue weighted by molar-refractivity contribution is 5.95. The zero-order chi connectivity index (χ0) is 23.5. The summed E-state index contributed by atoms with van der Waals surface area (Å²) in [5.74, 6) is 1.48. The van der Waals surface area contributed by atoms with Gasteiger partial charge in [0.2, 0.25) is 5.95 Å². The van der Waals surface area contributed by atoms with E-state index in [1.807, 2.05) is 40.0 Å². The highest BCUT2D eigenvalue weighted by Crippen LogP contribution is 2.41. The monoisotopic (exact) mass is 457 g/mol. The van der Waals surface area contributed by atoms with Crippen molar-refractivity contribution in [2.24, 2.45) is 5.92 Å². The van der Waals surface area contributed by atoms with Gasteiger partial charge in [-0.25, -0.2) is 9.97 Å². The second-order valence-corrected chi connectivity index (χ2v) is 8.79. The van der Waals surface area contributed by atoms with E-state index in [0.29, 0.717) is 35.3 Å². The first-order valence-corrected chi connectivity index (χ1v) is 11.6. The number of benzene rings is 1. The fraction of sp³-hybridized carbons (Fsp3) is 0.400. The Morgan fingerprint density at radius 1 is 1.29 bits per heavy atom. The molecule has 1 aliphatic heterocycles. The molecule has 1 atom stereocenters. The van der Waals surface area contributed by atoms with Gasteiger partial charge in [-0.3, -0.25) is 9.48 Å². The predicted molar refractivity (Wildman–Crippen MR) is 127 cm³/mol. The molecular weight excluding hydrogens is 430 g/mol. The number of methoxy groups -OCH3 is 1. The van der Waals surface area contributed by atoms with E-state index in [4.69, 9.17) is 4.74 Å². The maximum Gasteiger partial charge on any atom is 0.253 e. The number of nitrogens with zero attached hydrogens (tertiary/aromatic N) is 6. The first-order chi connectivity index (χ1) is 16.7. The van der Waals surface area contributed by atoms with Crippen molar-refractivity contribution < 1.29 is 9.53 Å². The van der Waals surface area contributed by atoms with Crippen LogP contribution in [-0.2, 0) is 0 Å². The molecule has 0 spiro atoms. The SMILES string of the molecule is COc1cnc(Nc2cccc(C(=O)N3CCCC3)c2)nc1-c1cnn(C(CC#N)C2CC2)c1. The summed E-state index contributed by atoms with van der Waals surface area (Å²) in [5, 5.41) is 16.9. The molecule has 2 aliphatic rings. The summed E-state index contributed by atoms with van der Waals surface area (Å²) in [4.78, 5) is 23.7. The maximum absolute atomic E-state index is 12.8. The van der Waals surface area contributed by atoms with E-state index in [0.717, 1.165) is 50.0 Å². The number of aromatic nitrogens is 4. The summed E-state index contributed by atoms with van der Waals surface area (Å²) in [6.07, 6.45) is 10.1. The van der Waals surface area contributed by atoms with Crippen LogP contribution in [0.3, 0.4) is 0 Å². The van der Waals surface area contributed by atoms with Gasteiger partial charge in [-0.15, -0.1) is 0 Å². The number of anilines is 2.